The van der Waals surface area contributed by atoms with Gasteiger partial charge in [0, 0.05) is 32.0 Å². The van der Waals surface area contributed by atoms with Gasteiger partial charge < -0.3 is 10.2 Å². The predicted molar refractivity (Wildman–Crippen MR) is 73.2 cm³/mol. The van der Waals surface area contributed by atoms with Crippen LogP contribution in [0.15, 0.2) is 0 Å². The lowest BCUT2D eigenvalue weighted by Crippen LogP contribution is -2.34. The summed E-state index contributed by atoms with van der Waals surface area (Å²) in [5.74, 6) is 1.09. The highest BCUT2D eigenvalue weighted by atomic mass is 16.2. The van der Waals surface area contributed by atoms with Crippen LogP contribution in [0.25, 0.3) is 0 Å². The van der Waals surface area contributed by atoms with Crippen LogP contribution in [-0.2, 0) is 4.79 Å². The first kappa shape index (κ1) is 14.5. The van der Waals surface area contributed by atoms with Gasteiger partial charge in [-0.15, -0.1) is 5.10 Å². The third-order valence-corrected chi connectivity index (χ3v) is 3.41. The number of aromatic nitrogens is 3. The van der Waals surface area contributed by atoms with Gasteiger partial charge in [0.15, 0.2) is 0 Å². The zero-order chi connectivity index (χ0) is 14.5. The molecule has 1 fully saturated rings. The van der Waals surface area contributed by atoms with Gasteiger partial charge in [0.25, 0.3) is 5.91 Å². The molecule has 0 unspecified atom stereocenters. The number of carbonyl (C=O) groups excluding carboxylic acids is 2. The van der Waals surface area contributed by atoms with E-state index in [9.17, 15) is 9.59 Å². The van der Waals surface area contributed by atoms with Crippen molar-refractivity contribution < 1.29 is 9.59 Å². The number of amides is 2. The minimum atomic E-state index is -0.333. The fourth-order valence-corrected chi connectivity index (χ4v) is 2.01. The smallest absolute Gasteiger partial charge is 0.290 e. The molecule has 1 aliphatic rings. The molecule has 0 bridgehead atoms. The lowest BCUT2D eigenvalue weighted by molar-refractivity contribution is -0.130. The summed E-state index contributed by atoms with van der Waals surface area (Å²) >= 11 is 0. The maximum atomic E-state index is 11.8. The first-order valence-electron chi connectivity index (χ1n) is 7.14. The number of hydrogen-bond donors (Lipinski definition) is 2. The third-order valence-electron chi connectivity index (χ3n) is 3.41. The van der Waals surface area contributed by atoms with E-state index in [0.29, 0.717) is 32.0 Å². The zero-order valence-corrected chi connectivity index (χ0v) is 12.0. The molecule has 0 spiro atoms. The maximum absolute atomic E-state index is 11.8. The van der Waals surface area contributed by atoms with Crippen molar-refractivity contribution in [3.63, 3.8) is 0 Å². The van der Waals surface area contributed by atoms with Crippen molar-refractivity contribution in [3.8, 4) is 0 Å². The van der Waals surface area contributed by atoms with Gasteiger partial charge in [0.2, 0.25) is 11.7 Å². The summed E-state index contributed by atoms with van der Waals surface area (Å²) in [4.78, 5) is 29.5. The van der Waals surface area contributed by atoms with Crippen molar-refractivity contribution in [3.05, 3.63) is 11.6 Å². The van der Waals surface area contributed by atoms with E-state index in [4.69, 9.17) is 0 Å². The van der Waals surface area contributed by atoms with Gasteiger partial charge in [0.1, 0.15) is 5.82 Å². The van der Waals surface area contributed by atoms with E-state index < -0.39 is 0 Å². The second-order valence-electron chi connectivity index (χ2n) is 4.89. The third kappa shape index (κ3) is 3.55. The number of rotatable bonds is 7. The van der Waals surface area contributed by atoms with Gasteiger partial charge >= 0.3 is 0 Å². The van der Waals surface area contributed by atoms with Crippen LogP contribution in [-0.4, -0.2) is 51.5 Å². The standard InChI is InChI=1S/C13H21N5O2/c1-3-18(4-2)10(19)7-8-14-13(20)12-15-11(16-17-12)9-5-6-9/h9H,3-8H2,1-2H3,(H,14,20)(H,15,16,17). The number of nitrogens with one attached hydrogen (secondary N) is 2. The van der Waals surface area contributed by atoms with Crippen molar-refractivity contribution in [2.24, 2.45) is 0 Å². The Morgan fingerprint density at radius 3 is 2.65 bits per heavy atom. The molecule has 0 aliphatic heterocycles. The molecule has 1 heterocycles. The molecule has 20 heavy (non-hydrogen) atoms. The van der Waals surface area contributed by atoms with E-state index in [0.717, 1.165) is 18.7 Å². The normalized spacial score (nSPS) is 14.1. The molecule has 0 saturated heterocycles. The van der Waals surface area contributed by atoms with Gasteiger partial charge in [-0.3, -0.25) is 14.7 Å². The highest BCUT2D eigenvalue weighted by Crippen LogP contribution is 2.37. The van der Waals surface area contributed by atoms with Crippen molar-refractivity contribution in [1.29, 1.82) is 0 Å². The monoisotopic (exact) mass is 279 g/mol. The molecule has 110 valence electrons. The Morgan fingerprint density at radius 1 is 1.35 bits per heavy atom. The number of aromatic amines is 1. The Labute approximate surface area is 118 Å². The van der Waals surface area contributed by atoms with Crippen molar-refractivity contribution in [2.45, 2.75) is 39.0 Å². The Hall–Kier alpha value is -1.92. The molecule has 0 radical (unpaired) electrons. The van der Waals surface area contributed by atoms with Gasteiger partial charge in [0.05, 0.1) is 0 Å². The Balaban J connectivity index is 1.75. The molecular weight excluding hydrogens is 258 g/mol. The SMILES string of the molecule is CCN(CC)C(=O)CCNC(=O)c1n[nH]c(C2CC2)n1. The fraction of sp³-hybridized carbons (Fsp3) is 0.692. The lowest BCUT2D eigenvalue weighted by atomic mass is 10.3. The number of nitrogens with zero attached hydrogens (tertiary/aromatic N) is 3. The lowest BCUT2D eigenvalue weighted by Gasteiger charge is -2.18. The summed E-state index contributed by atoms with van der Waals surface area (Å²) in [5.41, 5.74) is 0. The Bertz CT molecular complexity index is 477. The zero-order valence-electron chi connectivity index (χ0n) is 12.0. The quantitative estimate of drug-likeness (QED) is 0.767. The van der Waals surface area contributed by atoms with E-state index in [2.05, 4.69) is 20.5 Å². The van der Waals surface area contributed by atoms with Gasteiger partial charge in [-0.05, 0) is 26.7 Å². The van der Waals surface area contributed by atoms with Crippen LogP contribution in [0.3, 0.4) is 0 Å². The number of hydrogen-bond acceptors (Lipinski definition) is 4. The second kappa shape index (κ2) is 6.49. The second-order valence-corrected chi connectivity index (χ2v) is 4.89. The van der Waals surface area contributed by atoms with Gasteiger partial charge in [-0.2, -0.15) is 0 Å². The van der Waals surface area contributed by atoms with Gasteiger partial charge in [-0.1, -0.05) is 0 Å². The first-order chi connectivity index (χ1) is 9.65. The summed E-state index contributed by atoms with van der Waals surface area (Å²) in [6, 6.07) is 0. The van der Waals surface area contributed by atoms with Crippen LogP contribution in [0, 0.1) is 0 Å². The maximum Gasteiger partial charge on any atom is 0.290 e. The molecule has 1 aromatic heterocycles. The van der Waals surface area contributed by atoms with E-state index in [1.807, 2.05) is 13.8 Å². The van der Waals surface area contributed by atoms with Crippen LogP contribution < -0.4 is 5.32 Å². The highest BCUT2D eigenvalue weighted by Gasteiger charge is 2.28. The van der Waals surface area contributed by atoms with E-state index in [-0.39, 0.29) is 17.6 Å². The van der Waals surface area contributed by atoms with Crippen LogP contribution in [0.1, 0.15) is 55.5 Å². The van der Waals surface area contributed by atoms with E-state index in [1.165, 1.54) is 0 Å². The molecular formula is C13H21N5O2. The highest BCUT2D eigenvalue weighted by molar-refractivity contribution is 5.90. The summed E-state index contributed by atoms with van der Waals surface area (Å²) in [6.45, 7) is 5.56. The van der Waals surface area contributed by atoms with E-state index >= 15 is 0 Å². The largest absolute Gasteiger partial charge is 0.349 e. The molecule has 1 saturated carbocycles. The number of H-pyrrole nitrogens is 1. The summed E-state index contributed by atoms with van der Waals surface area (Å²) in [7, 11) is 0. The topological polar surface area (TPSA) is 91.0 Å². The van der Waals surface area contributed by atoms with Crippen molar-refractivity contribution in [2.75, 3.05) is 19.6 Å². The van der Waals surface area contributed by atoms with E-state index in [1.54, 1.807) is 4.90 Å². The number of carbonyl (C=O) groups is 2. The average Bonchev–Trinajstić information content (AvgIpc) is 3.17. The van der Waals surface area contributed by atoms with Crippen LogP contribution in [0.5, 0.6) is 0 Å². The fourth-order valence-electron chi connectivity index (χ4n) is 2.01. The molecule has 1 aliphatic carbocycles. The molecule has 2 amide bonds. The average molecular weight is 279 g/mol. The van der Waals surface area contributed by atoms with Gasteiger partial charge in [-0.25, -0.2) is 4.98 Å². The molecule has 2 rings (SSSR count). The Kier molecular flexibility index (Phi) is 4.70. The van der Waals surface area contributed by atoms with Crippen LogP contribution in [0.4, 0.5) is 0 Å². The van der Waals surface area contributed by atoms with Crippen LogP contribution in [0.2, 0.25) is 0 Å². The van der Waals surface area contributed by atoms with Crippen molar-refractivity contribution >= 4 is 11.8 Å². The molecule has 7 heteroatoms. The van der Waals surface area contributed by atoms with Crippen molar-refractivity contribution in [1.82, 2.24) is 25.4 Å². The predicted octanol–water partition coefficient (Wildman–Crippen LogP) is 0.670. The Morgan fingerprint density at radius 2 is 2.05 bits per heavy atom. The summed E-state index contributed by atoms with van der Waals surface area (Å²) < 4.78 is 0. The minimum Gasteiger partial charge on any atom is -0.349 e. The first-order valence-corrected chi connectivity index (χ1v) is 7.14. The molecule has 7 nitrogen and oxygen atoms in total. The summed E-state index contributed by atoms with van der Waals surface area (Å²) in [6.07, 6.45) is 2.51. The van der Waals surface area contributed by atoms with Crippen LogP contribution >= 0.6 is 0 Å². The molecule has 0 atom stereocenters. The summed E-state index contributed by atoms with van der Waals surface area (Å²) in [5, 5.41) is 9.36. The molecule has 0 aromatic carbocycles. The molecule has 2 N–H and O–H groups in total. The minimum absolute atomic E-state index is 0.0453. The molecule has 1 aromatic rings.